The van der Waals surface area contributed by atoms with Crippen LogP contribution in [0.15, 0.2) is 36.5 Å². The number of alkyl halides is 3. The molecule has 2 rings (SSSR count). The zero-order valence-electron chi connectivity index (χ0n) is 10.2. The Kier molecular flexibility index (Phi) is 3.64. The molecule has 0 aliphatic rings. The van der Waals surface area contributed by atoms with Gasteiger partial charge in [-0.05, 0) is 30.3 Å². The van der Waals surface area contributed by atoms with E-state index in [0.29, 0.717) is 11.4 Å². The molecule has 0 unspecified atom stereocenters. The van der Waals surface area contributed by atoms with Crippen LogP contribution in [-0.4, -0.2) is 15.7 Å². The maximum Gasteiger partial charge on any atom is 0.435 e. The zero-order chi connectivity index (χ0) is 14.8. The summed E-state index contributed by atoms with van der Waals surface area (Å²) < 4.78 is 37.9. The maximum absolute atomic E-state index is 12.3. The number of halogens is 3. The number of rotatable bonds is 3. The van der Waals surface area contributed by atoms with Crippen LogP contribution in [-0.2, 0) is 17.5 Å². The average molecular weight is 284 g/mol. The number of amides is 1. The highest BCUT2D eigenvalue weighted by Crippen LogP contribution is 2.27. The first-order valence-electron chi connectivity index (χ1n) is 5.60. The van der Waals surface area contributed by atoms with Crippen molar-refractivity contribution in [1.82, 2.24) is 9.78 Å². The van der Waals surface area contributed by atoms with Gasteiger partial charge in [0.1, 0.15) is 6.54 Å². The molecule has 0 spiro atoms. The summed E-state index contributed by atoms with van der Waals surface area (Å²) in [6.07, 6.45) is -3.41. The minimum Gasteiger partial charge on any atom is -0.399 e. The predicted octanol–water partition coefficient (Wildman–Crippen LogP) is 2.12. The zero-order valence-corrected chi connectivity index (χ0v) is 10.2. The van der Waals surface area contributed by atoms with Crippen molar-refractivity contribution in [2.45, 2.75) is 12.7 Å². The van der Waals surface area contributed by atoms with Crippen LogP contribution < -0.4 is 11.1 Å². The highest BCUT2D eigenvalue weighted by molar-refractivity contribution is 5.90. The number of aromatic nitrogens is 2. The number of carbonyl (C=O) groups excluding carboxylic acids is 1. The van der Waals surface area contributed by atoms with Crippen molar-refractivity contribution in [3.05, 3.63) is 42.2 Å². The third kappa shape index (κ3) is 3.50. The second-order valence-corrected chi connectivity index (χ2v) is 4.07. The van der Waals surface area contributed by atoms with Gasteiger partial charge in [0.05, 0.1) is 0 Å². The van der Waals surface area contributed by atoms with Gasteiger partial charge in [-0.1, -0.05) is 0 Å². The number of benzene rings is 1. The van der Waals surface area contributed by atoms with E-state index in [0.717, 1.165) is 16.9 Å². The fourth-order valence-corrected chi connectivity index (χ4v) is 1.52. The van der Waals surface area contributed by atoms with E-state index in [-0.39, 0.29) is 6.54 Å². The number of nitrogens with zero attached hydrogens (tertiary/aromatic N) is 2. The number of carbonyl (C=O) groups is 1. The van der Waals surface area contributed by atoms with Gasteiger partial charge in [0.25, 0.3) is 0 Å². The van der Waals surface area contributed by atoms with Gasteiger partial charge in [-0.15, -0.1) is 0 Å². The molecule has 0 saturated heterocycles. The van der Waals surface area contributed by atoms with Gasteiger partial charge in [0, 0.05) is 17.6 Å². The molecular weight excluding hydrogens is 273 g/mol. The number of nitrogen functional groups attached to an aromatic ring is 1. The van der Waals surface area contributed by atoms with E-state index < -0.39 is 17.8 Å². The third-order valence-electron chi connectivity index (χ3n) is 2.43. The molecule has 2 aromatic rings. The Morgan fingerprint density at radius 3 is 2.45 bits per heavy atom. The molecular formula is C12H11F3N4O. The molecule has 0 radical (unpaired) electrons. The molecule has 0 aliphatic heterocycles. The summed E-state index contributed by atoms with van der Waals surface area (Å²) in [5, 5.41) is 5.82. The number of nitrogens with two attached hydrogens (primary N) is 1. The standard InChI is InChI=1S/C12H11F3N4O/c13-12(14,15)10-5-6-19(18-10)7-11(20)17-9-3-1-8(16)2-4-9/h1-6H,7,16H2,(H,17,20). The van der Waals surface area contributed by atoms with Crippen LogP contribution in [0.25, 0.3) is 0 Å². The lowest BCUT2D eigenvalue weighted by molar-refractivity contribution is -0.141. The first kappa shape index (κ1) is 13.9. The Morgan fingerprint density at radius 2 is 1.90 bits per heavy atom. The van der Waals surface area contributed by atoms with E-state index in [1.807, 2.05) is 0 Å². The first-order chi connectivity index (χ1) is 9.34. The summed E-state index contributed by atoms with van der Waals surface area (Å²) in [4.78, 5) is 11.6. The van der Waals surface area contributed by atoms with Crippen LogP contribution >= 0.6 is 0 Å². The molecule has 1 aromatic heterocycles. The molecule has 106 valence electrons. The Hall–Kier alpha value is -2.51. The summed E-state index contributed by atoms with van der Waals surface area (Å²) in [5.74, 6) is -0.480. The van der Waals surface area contributed by atoms with Gasteiger partial charge in [-0.2, -0.15) is 18.3 Å². The number of anilines is 2. The lowest BCUT2D eigenvalue weighted by Gasteiger charge is -2.06. The largest absolute Gasteiger partial charge is 0.435 e. The molecule has 0 saturated carbocycles. The van der Waals surface area contributed by atoms with E-state index in [2.05, 4.69) is 10.4 Å². The van der Waals surface area contributed by atoms with Gasteiger partial charge in [0.15, 0.2) is 5.69 Å². The average Bonchev–Trinajstić information content (AvgIpc) is 2.80. The van der Waals surface area contributed by atoms with E-state index in [1.54, 1.807) is 24.3 Å². The van der Waals surface area contributed by atoms with Crippen LogP contribution in [0.2, 0.25) is 0 Å². The van der Waals surface area contributed by atoms with Crippen LogP contribution in [0.1, 0.15) is 5.69 Å². The van der Waals surface area contributed by atoms with E-state index in [9.17, 15) is 18.0 Å². The SMILES string of the molecule is Nc1ccc(NC(=O)Cn2ccc(C(F)(F)F)n2)cc1. The Morgan fingerprint density at radius 1 is 1.25 bits per heavy atom. The van der Waals surface area contributed by atoms with Gasteiger partial charge in [-0.3, -0.25) is 9.48 Å². The van der Waals surface area contributed by atoms with Crippen molar-refractivity contribution in [3.8, 4) is 0 Å². The quantitative estimate of drug-likeness (QED) is 0.848. The minimum absolute atomic E-state index is 0.305. The highest BCUT2D eigenvalue weighted by Gasteiger charge is 2.33. The topological polar surface area (TPSA) is 72.9 Å². The molecule has 1 amide bonds. The van der Waals surface area contributed by atoms with Gasteiger partial charge >= 0.3 is 6.18 Å². The first-order valence-corrected chi connectivity index (χ1v) is 5.60. The lowest BCUT2D eigenvalue weighted by Crippen LogP contribution is -2.19. The van der Waals surface area contributed by atoms with Crippen molar-refractivity contribution in [3.63, 3.8) is 0 Å². The minimum atomic E-state index is -4.52. The van der Waals surface area contributed by atoms with Crippen LogP contribution in [0.4, 0.5) is 24.5 Å². The summed E-state index contributed by atoms with van der Waals surface area (Å²) in [6, 6.07) is 7.21. The summed E-state index contributed by atoms with van der Waals surface area (Å²) >= 11 is 0. The van der Waals surface area contributed by atoms with Crippen LogP contribution in [0, 0.1) is 0 Å². The van der Waals surface area contributed by atoms with Gasteiger partial charge in [-0.25, -0.2) is 0 Å². The number of nitrogens with one attached hydrogen (secondary N) is 1. The predicted molar refractivity (Wildman–Crippen MR) is 66.7 cm³/mol. The van der Waals surface area contributed by atoms with Crippen molar-refractivity contribution in [2.24, 2.45) is 0 Å². The van der Waals surface area contributed by atoms with Gasteiger partial charge in [0.2, 0.25) is 5.91 Å². The smallest absolute Gasteiger partial charge is 0.399 e. The number of hydrogen-bond donors (Lipinski definition) is 2. The molecule has 20 heavy (non-hydrogen) atoms. The molecule has 1 heterocycles. The molecule has 5 nitrogen and oxygen atoms in total. The Bertz CT molecular complexity index is 604. The summed E-state index contributed by atoms with van der Waals surface area (Å²) in [5.41, 5.74) is 5.51. The molecule has 0 fully saturated rings. The lowest BCUT2D eigenvalue weighted by atomic mass is 10.3. The van der Waals surface area contributed by atoms with Crippen molar-refractivity contribution in [2.75, 3.05) is 11.1 Å². The normalized spacial score (nSPS) is 11.3. The van der Waals surface area contributed by atoms with E-state index in [1.165, 1.54) is 0 Å². The molecule has 0 aliphatic carbocycles. The van der Waals surface area contributed by atoms with Crippen molar-refractivity contribution >= 4 is 17.3 Å². The van der Waals surface area contributed by atoms with Crippen molar-refractivity contribution < 1.29 is 18.0 Å². The van der Waals surface area contributed by atoms with Crippen molar-refractivity contribution in [1.29, 1.82) is 0 Å². The molecule has 8 heteroatoms. The second kappa shape index (κ2) is 5.24. The number of hydrogen-bond acceptors (Lipinski definition) is 3. The van der Waals surface area contributed by atoms with Crippen LogP contribution in [0.3, 0.4) is 0 Å². The fraction of sp³-hybridized carbons (Fsp3) is 0.167. The second-order valence-electron chi connectivity index (χ2n) is 4.07. The maximum atomic E-state index is 12.3. The molecule has 1 aromatic carbocycles. The van der Waals surface area contributed by atoms with E-state index >= 15 is 0 Å². The molecule has 0 atom stereocenters. The van der Waals surface area contributed by atoms with Gasteiger partial charge < -0.3 is 11.1 Å². The Balaban J connectivity index is 1.98. The third-order valence-corrected chi connectivity index (χ3v) is 2.43. The highest BCUT2D eigenvalue weighted by atomic mass is 19.4. The summed E-state index contributed by atoms with van der Waals surface area (Å²) in [7, 11) is 0. The van der Waals surface area contributed by atoms with E-state index in [4.69, 9.17) is 5.73 Å². The Labute approximate surface area is 112 Å². The molecule has 0 bridgehead atoms. The molecule has 3 N–H and O–H groups in total. The monoisotopic (exact) mass is 284 g/mol. The summed E-state index contributed by atoms with van der Waals surface area (Å²) in [6.45, 7) is -0.305. The van der Waals surface area contributed by atoms with Crippen LogP contribution in [0.5, 0.6) is 0 Å². The fourth-order valence-electron chi connectivity index (χ4n) is 1.52.